The molecular weight excluding hydrogens is 304 g/mol. The largest absolute Gasteiger partial charge is 0.497 e. The highest BCUT2D eigenvalue weighted by atomic mass is 79.9. The van der Waals surface area contributed by atoms with Gasteiger partial charge in [0, 0.05) is 23.6 Å². The zero-order chi connectivity index (χ0) is 13.8. The first-order chi connectivity index (χ1) is 9.15. The van der Waals surface area contributed by atoms with Gasteiger partial charge >= 0.3 is 0 Å². The minimum atomic E-state index is 0.271. The average molecular weight is 327 g/mol. The van der Waals surface area contributed by atoms with Gasteiger partial charge in [-0.05, 0) is 49.1 Å². The van der Waals surface area contributed by atoms with Crippen LogP contribution in [-0.2, 0) is 0 Å². The van der Waals surface area contributed by atoms with Crippen molar-refractivity contribution in [1.29, 1.82) is 0 Å². The smallest absolute Gasteiger partial charge is 0.119 e. The number of nitrogens with two attached hydrogens (primary N) is 1. The van der Waals surface area contributed by atoms with Crippen molar-refractivity contribution in [2.75, 3.05) is 26.7 Å². The molecule has 1 aromatic carbocycles. The van der Waals surface area contributed by atoms with E-state index in [2.05, 4.69) is 33.8 Å². The van der Waals surface area contributed by atoms with E-state index in [1.807, 2.05) is 12.1 Å². The molecule has 4 heteroatoms. The molecule has 2 unspecified atom stereocenters. The van der Waals surface area contributed by atoms with Gasteiger partial charge in [-0.15, -0.1) is 0 Å². The second-order valence-corrected chi connectivity index (χ2v) is 6.24. The van der Waals surface area contributed by atoms with Gasteiger partial charge in [0.15, 0.2) is 0 Å². The fraction of sp³-hybridized carbons (Fsp3) is 0.600. The Morgan fingerprint density at radius 2 is 2.32 bits per heavy atom. The van der Waals surface area contributed by atoms with Gasteiger partial charge in [0.2, 0.25) is 0 Å². The van der Waals surface area contributed by atoms with Gasteiger partial charge in [0.1, 0.15) is 5.75 Å². The third-order valence-electron chi connectivity index (χ3n) is 3.91. The topological polar surface area (TPSA) is 38.5 Å². The zero-order valence-electron chi connectivity index (χ0n) is 11.7. The number of likely N-dealkylation sites (tertiary alicyclic amines) is 1. The summed E-state index contributed by atoms with van der Waals surface area (Å²) in [6.07, 6.45) is 2.59. The highest BCUT2D eigenvalue weighted by Gasteiger charge is 2.25. The summed E-state index contributed by atoms with van der Waals surface area (Å²) in [5, 5.41) is 0. The van der Waals surface area contributed by atoms with Crippen molar-refractivity contribution in [2.24, 2.45) is 11.7 Å². The second kappa shape index (κ2) is 6.73. The molecule has 0 saturated carbocycles. The summed E-state index contributed by atoms with van der Waals surface area (Å²) >= 11 is 3.65. The third-order valence-corrected chi connectivity index (χ3v) is 4.64. The van der Waals surface area contributed by atoms with Gasteiger partial charge in [-0.3, -0.25) is 4.90 Å². The molecule has 2 N–H and O–H groups in total. The summed E-state index contributed by atoms with van der Waals surface area (Å²) in [5.41, 5.74) is 7.27. The molecule has 0 amide bonds. The molecule has 2 rings (SSSR count). The minimum absolute atomic E-state index is 0.271. The highest BCUT2D eigenvalue weighted by molar-refractivity contribution is 9.10. The molecule has 1 heterocycles. The molecule has 0 radical (unpaired) electrons. The van der Waals surface area contributed by atoms with Crippen LogP contribution < -0.4 is 10.5 Å². The molecule has 1 aliphatic heterocycles. The normalized spacial score (nSPS) is 22.2. The van der Waals surface area contributed by atoms with Crippen molar-refractivity contribution in [1.82, 2.24) is 4.90 Å². The maximum absolute atomic E-state index is 6.04. The van der Waals surface area contributed by atoms with Gasteiger partial charge < -0.3 is 10.5 Å². The van der Waals surface area contributed by atoms with Gasteiger partial charge in [0.05, 0.1) is 7.11 Å². The fourth-order valence-electron chi connectivity index (χ4n) is 2.89. The van der Waals surface area contributed by atoms with E-state index in [4.69, 9.17) is 10.5 Å². The first kappa shape index (κ1) is 14.8. The molecule has 2 atom stereocenters. The van der Waals surface area contributed by atoms with E-state index < -0.39 is 0 Å². The molecule has 1 aliphatic rings. The van der Waals surface area contributed by atoms with Crippen LogP contribution in [0.4, 0.5) is 0 Å². The van der Waals surface area contributed by atoms with Gasteiger partial charge in [0.25, 0.3) is 0 Å². The van der Waals surface area contributed by atoms with Gasteiger partial charge in [-0.2, -0.15) is 0 Å². The lowest BCUT2D eigenvalue weighted by atomic mass is 9.96. The lowest BCUT2D eigenvalue weighted by Crippen LogP contribution is -2.40. The van der Waals surface area contributed by atoms with E-state index in [9.17, 15) is 0 Å². The van der Waals surface area contributed by atoms with Crippen LogP contribution in [-0.4, -0.2) is 31.6 Å². The first-order valence-corrected chi connectivity index (χ1v) is 7.72. The lowest BCUT2D eigenvalue weighted by molar-refractivity contribution is 0.132. The van der Waals surface area contributed by atoms with Crippen molar-refractivity contribution in [3.05, 3.63) is 28.2 Å². The Hall–Kier alpha value is -0.580. The third kappa shape index (κ3) is 3.50. The van der Waals surface area contributed by atoms with Crippen molar-refractivity contribution in [2.45, 2.75) is 25.8 Å². The zero-order valence-corrected chi connectivity index (χ0v) is 13.3. The molecule has 3 nitrogen and oxygen atoms in total. The van der Waals surface area contributed by atoms with E-state index in [0.717, 1.165) is 29.2 Å². The van der Waals surface area contributed by atoms with Crippen LogP contribution in [0.2, 0.25) is 0 Å². The van der Waals surface area contributed by atoms with Gasteiger partial charge in [-0.1, -0.05) is 22.9 Å². The summed E-state index contributed by atoms with van der Waals surface area (Å²) in [7, 11) is 1.70. The Kier molecular flexibility index (Phi) is 5.25. The number of hydrogen-bond donors (Lipinski definition) is 1. The maximum Gasteiger partial charge on any atom is 0.119 e. The molecule has 19 heavy (non-hydrogen) atoms. The molecule has 1 aromatic rings. The number of ether oxygens (including phenoxy) is 1. The summed E-state index contributed by atoms with van der Waals surface area (Å²) in [6.45, 7) is 5.22. The number of piperidine rings is 1. The van der Waals surface area contributed by atoms with Crippen LogP contribution in [0.15, 0.2) is 22.7 Å². The van der Waals surface area contributed by atoms with E-state index >= 15 is 0 Å². The van der Waals surface area contributed by atoms with Crippen LogP contribution >= 0.6 is 15.9 Å². The van der Waals surface area contributed by atoms with Crippen molar-refractivity contribution in [3.8, 4) is 5.75 Å². The van der Waals surface area contributed by atoms with Crippen molar-refractivity contribution >= 4 is 15.9 Å². The monoisotopic (exact) mass is 326 g/mol. The van der Waals surface area contributed by atoms with E-state index in [-0.39, 0.29) is 6.04 Å². The molecule has 0 aliphatic carbocycles. The number of benzene rings is 1. The Labute approximate surface area is 124 Å². The fourth-order valence-corrected chi connectivity index (χ4v) is 3.40. The summed E-state index contributed by atoms with van der Waals surface area (Å²) in [6, 6.07) is 6.39. The standard InChI is InChI=1S/C15H23BrN2O/c1-11-4-3-7-18(10-11)15(9-17)13-8-12(19-2)5-6-14(13)16/h5-6,8,11,15H,3-4,7,9-10,17H2,1-2H3. The molecule has 0 aromatic heterocycles. The molecule has 106 valence electrons. The predicted molar refractivity (Wildman–Crippen MR) is 82.5 cm³/mol. The van der Waals surface area contributed by atoms with Crippen LogP contribution in [0.3, 0.4) is 0 Å². The predicted octanol–water partition coefficient (Wildman–Crippen LogP) is 3.19. The maximum atomic E-state index is 6.04. The summed E-state index contributed by atoms with van der Waals surface area (Å²) in [5.74, 6) is 1.65. The van der Waals surface area contributed by atoms with Crippen molar-refractivity contribution in [3.63, 3.8) is 0 Å². The quantitative estimate of drug-likeness (QED) is 0.923. The van der Waals surface area contributed by atoms with E-state index in [1.54, 1.807) is 7.11 Å². The minimum Gasteiger partial charge on any atom is -0.497 e. The molecule has 0 spiro atoms. The second-order valence-electron chi connectivity index (χ2n) is 5.38. The van der Waals surface area contributed by atoms with Crippen LogP contribution in [0, 0.1) is 5.92 Å². The average Bonchev–Trinajstić information content (AvgIpc) is 2.42. The van der Waals surface area contributed by atoms with E-state index in [0.29, 0.717) is 6.54 Å². The number of hydrogen-bond acceptors (Lipinski definition) is 3. The SMILES string of the molecule is COc1ccc(Br)c(C(CN)N2CCCC(C)C2)c1. The highest BCUT2D eigenvalue weighted by Crippen LogP contribution is 2.33. The van der Waals surface area contributed by atoms with Crippen LogP contribution in [0.1, 0.15) is 31.4 Å². The molecule has 1 saturated heterocycles. The van der Waals surface area contributed by atoms with Crippen molar-refractivity contribution < 1.29 is 4.74 Å². The lowest BCUT2D eigenvalue weighted by Gasteiger charge is -2.37. The Balaban J connectivity index is 2.25. The summed E-state index contributed by atoms with van der Waals surface area (Å²) < 4.78 is 6.45. The Morgan fingerprint density at radius 3 is 2.95 bits per heavy atom. The molecular formula is C15H23BrN2O. The first-order valence-electron chi connectivity index (χ1n) is 6.93. The number of rotatable bonds is 4. The number of methoxy groups -OCH3 is 1. The number of nitrogens with zero attached hydrogens (tertiary/aromatic N) is 1. The summed E-state index contributed by atoms with van der Waals surface area (Å²) in [4.78, 5) is 2.51. The van der Waals surface area contributed by atoms with E-state index in [1.165, 1.54) is 18.4 Å². The molecule has 0 bridgehead atoms. The molecule has 1 fully saturated rings. The van der Waals surface area contributed by atoms with Crippen LogP contribution in [0.5, 0.6) is 5.75 Å². The van der Waals surface area contributed by atoms with Crippen LogP contribution in [0.25, 0.3) is 0 Å². The Morgan fingerprint density at radius 1 is 1.53 bits per heavy atom. The van der Waals surface area contributed by atoms with Gasteiger partial charge in [-0.25, -0.2) is 0 Å². The Bertz CT molecular complexity index is 425. The number of halogens is 1.